The van der Waals surface area contributed by atoms with Gasteiger partial charge in [0, 0.05) is 43.8 Å². The van der Waals surface area contributed by atoms with E-state index in [1.165, 1.54) is 25.4 Å². The maximum absolute atomic E-state index is 13.2. The van der Waals surface area contributed by atoms with E-state index in [-0.39, 0.29) is 33.2 Å². The minimum atomic E-state index is -3.73. The Hall–Kier alpha value is -2.44. The van der Waals surface area contributed by atoms with Gasteiger partial charge in [-0.3, -0.25) is 4.79 Å². The number of hydrogen-bond acceptors (Lipinski definition) is 9. The molecule has 2 aromatic rings. The first kappa shape index (κ1) is 22.2. The van der Waals surface area contributed by atoms with Gasteiger partial charge in [0.05, 0.1) is 35.7 Å². The second kappa shape index (κ2) is 8.00. The molecule has 1 aromatic carbocycles. The maximum atomic E-state index is 13.2. The van der Waals surface area contributed by atoms with E-state index in [2.05, 4.69) is 5.10 Å². The van der Waals surface area contributed by atoms with Crippen molar-refractivity contribution in [3.8, 4) is 5.88 Å². The Bertz CT molecular complexity index is 1190. The third-order valence-corrected chi connectivity index (χ3v) is 6.72. The van der Waals surface area contributed by atoms with Crippen molar-refractivity contribution in [3.63, 3.8) is 0 Å². The van der Waals surface area contributed by atoms with Gasteiger partial charge in [-0.25, -0.2) is 21.5 Å². The van der Waals surface area contributed by atoms with Crippen LogP contribution in [-0.4, -0.2) is 76.3 Å². The van der Waals surface area contributed by atoms with E-state index >= 15 is 0 Å². The molecule has 1 aromatic heterocycles. The van der Waals surface area contributed by atoms with Crippen molar-refractivity contribution in [1.29, 1.82) is 0 Å². The topological polar surface area (TPSA) is 136 Å². The highest BCUT2D eigenvalue weighted by atomic mass is 32.2. The Balaban J connectivity index is 2.32. The number of ether oxygens (including phenoxy) is 1. The summed E-state index contributed by atoms with van der Waals surface area (Å²) in [6.45, 7) is 1.36. The summed E-state index contributed by atoms with van der Waals surface area (Å²) >= 11 is 0. The zero-order chi connectivity index (χ0) is 22.3. The van der Waals surface area contributed by atoms with Gasteiger partial charge in [-0.2, -0.15) is 5.10 Å². The van der Waals surface area contributed by atoms with Crippen LogP contribution in [0.4, 0.5) is 5.69 Å². The number of nitrogens with zero attached hydrogens (tertiary/aromatic N) is 3. The first-order chi connectivity index (χ1) is 13.9. The molecule has 0 bridgehead atoms. The van der Waals surface area contributed by atoms with Crippen molar-refractivity contribution >= 4 is 31.1 Å². The van der Waals surface area contributed by atoms with Crippen molar-refractivity contribution in [2.24, 2.45) is 7.05 Å². The van der Waals surface area contributed by atoms with Crippen LogP contribution in [0.3, 0.4) is 0 Å². The summed E-state index contributed by atoms with van der Waals surface area (Å²) in [6.07, 6.45) is 3.23. The van der Waals surface area contributed by atoms with Crippen LogP contribution in [0, 0.1) is 0 Å². The molecule has 0 amide bonds. The SMILES string of the molecule is Cn1ncc(C(=O)c2ccc(S(C)(=O)=O)c(N3CCOCC3)c2CS(C)(=O)=O)c1O. The van der Waals surface area contributed by atoms with Crippen LogP contribution in [0.1, 0.15) is 21.5 Å². The maximum Gasteiger partial charge on any atom is 0.220 e. The smallest absolute Gasteiger partial charge is 0.220 e. The fraction of sp³-hybridized carbons (Fsp3) is 0.444. The van der Waals surface area contributed by atoms with Gasteiger partial charge in [0.2, 0.25) is 5.88 Å². The zero-order valence-corrected chi connectivity index (χ0v) is 18.5. The summed E-state index contributed by atoms with van der Waals surface area (Å²) in [5, 5.41) is 14.0. The number of ketones is 1. The number of aromatic nitrogens is 2. The highest BCUT2D eigenvalue weighted by molar-refractivity contribution is 7.91. The quantitative estimate of drug-likeness (QED) is 0.601. The molecule has 1 saturated heterocycles. The first-order valence-electron chi connectivity index (χ1n) is 9.02. The molecular weight excluding hydrogens is 434 g/mol. The first-order valence-corrected chi connectivity index (χ1v) is 13.0. The molecule has 3 rings (SSSR count). The van der Waals surface area contributed by atoms with E-state index in [0.717, 1.165) is 17.2 Å². The van der Waals surface area contributed by atoms with E-state index < -0.39 is 31.2 Å². The molecule has 0 saturated carbocycles. The third-order valence-electron chi connectivity index (χ3n) is 4.78. The Kier molecular flexibility index (Phi) is 5.94. The summed E-state index contributed by atoms with van der Waals surface area (Å²) in [5.41, 5.74) is 0.154. The van der Waals surface area contributed by atoms with Gasteiger partial charge in [-0.05, 0) is 12.1 Å². The predicted molar refractivity (Wildman–Crippen MR) is 109 cm³/mol. The number of aromatic hydroxyl groups is 1. The number of hydrogen-bond donors (Lipinski definition) is 1. The number of carbonyl (C=O) groups is 1. The van der Waals surface area contributed by atoms with Crippen LogP contribution in [0.2, 0.25) is 0 Å². The molecule has 1 aliphatic rings. The van der Waals surface area contributed by atoms with Crippen molar-refractivity contribution < 1.29 is 31.5 Å². The number of morpholine rings is 1. The third kappa shape index (κ3) is 4.50. The molecule has 10 nitrogen and oxygen atoms in total. The second-order valence-corrected chi connectivity index (χ2v) is 11.3. The molecule has 0 unspecified atom stereocenters. The summed E-state index contributed by atoms with van der Waals surface area (Å²) in [4.78, 5) is 14.8. The minimum absolute atomic E-state index is 0.00221. The molecule has 0 radical (unpaired) electrons. The predicted octanol–water partition coefficient (Wildman–Crippen LogP) is 0.141. The van der Waals surface area contributed by atoms with Gasteiger partial charge in [0.15, 0.2) is 25.5 Å². The van der Waals surface area contributed by atoms with Crippen LogP contribution in [0.15, 0.2) is 23.2 Å². The monoisotopic (exact) mass is 457 g/mol. The van der Waals surface area contributed by atoms with E-state index in [1.54, 1.807) is 4.90 Å². The second-order valence-electron chi connectivity index (χ2n) is 7.21. The van der Waals surface area contributed by atoms with Crippen molar-refractivity contribution in [2.75, 3.05) is 43.7 Å². The molecule has 1 N–H and O–H groups in total. The molecule has 1 fully saturated rings. The number of benzene rings is 1. The molecule has 0 aliphatic carbocycles. The van der Waals surface area contributed by atoms with Crippen LogP contribution in [0.5, 0.6) is 5.88 Å². The normalized spacial score (nSPS) is 15.4. The van der Waals surface area contributed by atoms with E-state index in [4.69, 9.17) is 4.74 Å². The number of sulfone groups is 2. The van der Waals surface area contributed by atoms with Crippen LogP contribution in [0.25, 0.3) is 0 Å². The van der Waals surface area contributed by atoms with Gasteiger partial charge in [0.25, 0.3) is 0 Å². The summed E-state index contributed by atoms with van der Waals surface area (Å²) in [6, 6.07) is 2.59. The number of rotatable bonds is 6. The molecular formula is C18H23N3O7S2. The van der Waals surface area contributed by atoms with Crippen LogP contribution in [-0.2, 0) is 37.2 Å². The largest absolute Gasteiger partial charge is 0.493 e. The van der Waals surface area contributed by atoms with Gasteiger partial charge < -0.3 is 14.7 Å². The summed E-state index contributed by atoms with van der Waals surface area (Å²) in [7, 11) is -5.90. The van der Waals surface area contributed by atoms with Crippen molar-refractivity contribution in [3.05, 3.63) is 35.0 Å². The van der Waals surface area contributed by atoms with Crippen molar-refractivity contribution in [2.45, 2.75) is 10.6 Å². The van der Waals surface area contributed by atoms with E-state index in [1.807, 2.05) is 0 Å². The number of aryl methyl sites for hydroxylation is 1. The Morgan fingerprint density at radius 3 is 2.27 bits per heavy atom. The number of carbonyl (C=O) groups excluding carboxylic acids is 1. The molecule has 164 valence electrons. The standard InChI is InChI=1S/C18H23N3O7S2/c1-20-18(23)13(10-19-20)17(22)12-4-5-15(30(3,26)27)16(14(12)11-29(2,24)25)21-6-8-28-9-7-21/h4-5,10,23H,6-9,11H2,1-3H3. The molecule has 1 aliphatic heterocycles. The zero-order valence-electron chi connectivity index (χ0n) is 16.8. The highest BCUT2D eigenvalue weighted by Crippen LogP contribution is 2.35. The highest BCUT2D eigenvalue weighted by Gasteiger charge is 2.30. The summed E-state index contributed by atoms with van der Waals surface area (Å²) < 4.78 is 55.8. The number of anilines is 1. The van der Waals surface area contributed by atoms with Gasteiger partial charge in [-0.1, -0.05) is 0 Å². The Labute approximate surface area is 174 Å². The average molecular weight is 458 g/mol. The van der Waals surface area contributed by atoms with Crippen LogP contribution >= 0.6 is 0 Å². The fourth-order valence-electron chi connectivity index (χ4n) is 3.41. The lowest BCUT2D eigenvalue weighted by Gasteiger charge is -2.32. The molecule has 0 spiro atoms. The summed E-state index contributed by atoms with van der Waals surface area (Å²) in [5.74, 6) is -1.55. The lowest BCUT2D eigenvalue weighted by atomic mass is 9.98. The molecule has 30 heavy (non-hydrogen) atoms. The Morgan fingerprint density at radius 1 is 1.13 bits per heavy atom. The lowest BCUT2D eigenvalue weighted by Crippen LogP contribution is -2.38. The Morgan fingerprint density at radius 2 is 1.77 bits per heavy atom. The lowest BCUT2D eigenvalue weighted by molar-refractivity contribution is 0.103. The van der Waals surface area contributed by atoms with Crippen molar-refractivity contribution in [1.82, 2.24) is 9.78 Å². The van der Waals surface area contributed by atoms with E-state index in [0.29, 0.717) is 26.3 Å². The average Bonchev–Trinajstić information content (AvgIpc) is 2.98. The fourth-order valence-corrected chi connectivity index (χ4v) is 5.14. The van der Waals surface area contributed by atoms with Crippen LogP contribution < -0.4 is 4.90 Å². The van der Waals surface area contributed by atoms with Gasteiger partial charge in [0.1, 0.15) is 5.56 Å². The molecule has 12 heteroatoms. The molecule has 0 atom stereocenters. The van der Waals surface area contributed by atoms with E-state index in [9.17, 15) is 26.7 Å². The molecule has 2 heterocycles. The van der Waals surface area contributed by atoms with Gasteiger partial charge in [-0.15, -0.1) is 0 Å². The minimum Gasteiger partial charge on any atom is -0.493 e. The van der Waals surface area contributed by atoms with Gasteiger partial charge >= 0.3 is 0 Å².